The highest BCUT2D eigenvalue weighted by atomic mass is 79.9. The summed E-state index contributed by atoms with van der Waals surface area (Å²) in [5.41, 5.74) is 0.631. The molecule has 1 atom stereocenters. The van der Waals surface area contributed by atoms with Crippen LogP contribution in [0.15, 0.2) is 39.7 Å². The van der Waals surface area contributed by atoms with E-state index in [-0.39, 0.29) is 11.9 Å². The van der Waals surface area contributed by atoms with Crippen LogP contribution in [0.25, 0.3) is 0 Å². The van der Waals surface area contributed by atoms with Crippen molar-refractivity contribution in [2.75, 3.05) is 0 Å². The summed E-state index contributed by atoms with van der Waals surface area (Å²) in [5, 5.41) is 3.04. The van der Waals surface area contributed by atoms with Crippen LogP contribution in [0.2, 0.25) is 0 Å². The lowest BCUT2D eigenvalue weighted by atomic mass is 10.0. The van der Waals surface area contributed by atoms with E-state index in [4.69, 9.17) is 0 Å². The maximum Gasteiger partial charge on any atom is 0.252 e. The minimum Gasteiger partial charge on any atom is -0.349 e. The minimum atomic E-state index is -0.0391. The van der Waals surface area contributed by atoms with Crippen molar-refractivity contribution in [3.63, 3.8) is 0 Å². The third kappa shape index (κ3) is 3.36. The summed E-state index contributed by atoms with van der Waals surface area (Å²) in [5.74, 6) is -0.0391. The first-order valence-corrected chi connectivity index (χ1v) is 6.85. The average Bonchev–Trinajstić information content (AvgIpc) is 2.30. The third-order valence-corrected chi connectivity index (χ3v) is 3.67. The number of thiol groups is 1. The molecule has 0 bridgehead atoms. The lowest BCUT2D eigenvalue weighted by Gasteiger charge is -2.19. The zero-order chi connectivity index (χ0) is 12.3. The highest BCUT2D eigenvalue weighted by Gasteiger charge is 2.15. The number of halogens is 1. The summed E-state index contributed by atoms with van der Waals surface area (Å²) >= 11 is 7.67. The van der Waals surface area contributed by atoms with Crippen molar-refractivity contribution in [3.05, 3.63) is 40.4 Å². The maximum absolute atomic E-state index is 12.0. The maximum atomic E-state index is 12.0. The zero-order valence-corrected chi connectivity index (χ0v) is 11.8. The van der Waals surface area contributed by atoms with Gasteiger partial charge in [-0.15, -0.1) is 12.6 Å². The molecule has 1 aromatic rings. The number of carbonyl (C=O) groups excluding carboxylic acids is 1. The van der Waals surface area contributed by atoms with Gasteiger partial charge in [0.2, 0.25) is 0 Å². The fourth-order valence-electron chi connectivity index (χ4n) is 1.88. The van der Waals surface area contributed by atoms with Crippen LogP contribution in [-0.2, 0) is 0 Å². The van der Waals surface area contributed by atoms with Crippen molar-refractivity contribution in [2.24, 2.45) is 0 Å². The summed E-state index contributed by atoms with van der Waals surface area (Å²) in [7, 11) is 0. The molecule has 1 unspecified atom stereocenters. The summed E-state index contributed by atoms with van der Waals surface area (Å²) < 4.78 is 0.930. The van der Waals surface area contributed by atoms with Crippen molar-refractivity contribution in [1.29, 1.82) is 0 Å². The highest BCUT2D eigenvalue weighted by Crippen LogP contribution is 2.20. The molecule has 90 valence electrons. The van der Waals surface area contributed by atoms with Crippen LogP contribution in [0.3, 0.4) is 0 Å². The largest absolute Gasteiger partial charge is 0.349 e. The van der Waals surface area contributed by atoms with E-state index in [0.717, 1.165) is 23.7 Å². The molecule has 0 aromatic heterocycles. The fourth-order valence-corrected chi connectivity index (χ4v) is 2.74. The van der Waals surface area contributed by atoms with Crippen LogP contribution in [0, 0.1) is 0 Å². The predicted octanol–water partition coefficient (Wildman–Crippen LogP) is 3.58. The van der Waals surface area contributed by atoms with Gasteiger partial charge in [0.05, 0.1) is 5.56 Å². The van der Waals surface area contributed by atoms with Gasteiger partial charge in [0.1, 0.15) is 0 Å². The lowest BCUT2D eigenvalue weighted by Crippen LogP contribution is -2.35. The van der Waals surface area contributed by atoms with Gasteiger partial charge in [-0.05, 0) is 37.5 Å². The van der Waals surface area contributed by atoms with Crippen molar-refractivity contribution < 1.29 is 4.79 Å². The standard InChI is InChI=1S/C13H14BrNOS/c14-9-6-7-11(12(17)8-9)13(16)15-10-4-2-1-3-5-10/h1-2,6-8,10,17H,3-5H2,(H,15,16). The van der Waals surface area contributed by atoms with Crippen molar-refractivity contribution >= 4 is 34.5 Å². The smallest absolute Gasteiger partial charge is 0.252 e. The topological polar surface area (TPSA) is 29.1 Å². The number of nitrogens with one attached hydrogen (secondary N) is 1. The molecule has 0 heterocycles. The summed E-state index contributed by atoms with van der Waals surface area (Å²) in [6, 6.07) is 5.73. The quantitative estimate of drug-likeness (QED) is 0.634. The van der Waals surface area contributed by atoms with E-state index in [2.05, 4.69) is 46.0 Å². The van der Waals surface area contributed by atoms with Gasteiger partial charge in [-0.25, -0.2) is 0 Å². The van der Waals surface area contributed by atoms with Crippen LogP contribution in [0.5, 0.6) is 0 Å². The highest BCUT2D eigenvalue weighted by molar-refractivity contribution is 9.10. The Labute approximate surface area is 115 Å². The van der Waals surface area contributed by atoms with Crippen molar-refractivity contribution in [3.8, 4) is 0 Å². The van der Waals surface area contributed by atoms with E-state index in [9.17, 15) is 4.79 Å². The second-order valence-corrected chi connectivity index (χ2v) is 5.51. The molecular formula is C13H14BrNOS. The molecule has 1 N–H and O–H groups in total. The Kier molecular flexibility index (Phi) is 4.29. The Hall–Kier alpha value is -0.740. The second-order valence-electron chi connectivity index (χ2n) is 4.12. The van der Waals surface area contributed by atoms with Crippen LogP contribution < -0.4 is 5.32 Å². The molecule has 0 fully saturated rings. The Bertz CT molecular complexity index is 459. The Morgan fingerprint density at radius 3 is 2.88 bits per heavy atom. The molecule has 0 saturated heterocycles. The van der Waals surface area contributed by atoms with Crippen LogP contribution >= 0.6 is 28.6 Å². The molecule has 4 heteroatoms. The lowest BCUT2D eigenvalue weighted by molar-refractivity contribution is 0.0932. The molecule has 1 aliphatic carbocycles. The fraction of sp³-hybridized carbons (Fsp3) is 0.308. The molecule has 1 amide bonds. The van der Waals surface area contributed by atoms with Crippen LogP contribution in [0.4, 0.5) is 0 Å². The van der Waals surface area contributed by atoms with Gasteiger partial charge in [-0.2, -0.15) is 0 Å². The first kappa shape index (κ1) is 12.7. The van der Waals surface area contributed by atoms with E-state index >= 15 is 0 Å². The molecule has 0 aliphatic heterocycles. The van der Waals surface area contributed by atoms with Crippen molar-refractivity contribution in [2.45, 2.75) is 30.2 Å². The predicted molar refractivity (Wildman–Crippen MR) is 75.6 cm³/mol. The minimum absolute atomic E-state index is 0.0391. The van der Waals surface area contributed by atoms with Gasteiger partial charge in [0.25, 0.3) is 5.91 Å². The number of hydrogen-bond acceptors (Lipinski definition) is 2. The van der Waals surface area contributed by atoms with E-state index in [1.165, 1.54) is 0 Å². The molecule has 1 aliphatic rings. The van der Waals surface area contributed by atoms with E-state index in [1.54, 1.807) is 6.07 Å². The van der Waals surface area contributed by atoms with Gasteiger partial charge >= 0.3 is 0 Å². The average molecular weight is 312 g/mol. The number of rotatable bonds is 2. The number of benzene rings is 1. The SMILES string of the molecule is O=C(NC1CC=CCC1)c1ccc(Br)cc1S. The molecule has 2 nitrogen and oxygen atoms in total. The summed E-state index contributed by atoms with van der Waals surface area (Å²) in [6.45, 7) is 0. The molecule has 1 aromatic carbocycles. The van der Waals surface area contributed by atoms with Gasteiger partial charge in [0.15, 0.2) is 0 Å². The number of amides is 1. The Morgan fingerprint density at radius 1 is 1.41 bits per heavy atom. The molecule has 0 radical (unpaired) electrons. The summed E-state index contributed by atoms with van der Waals surface area (Å²) in [6.07, 6.45) is 7.26. The van der Waals surface area contributed by atoms with E-state index in [0.29, 0.717) is 10.5 Å². The first-order chi connectivity index (χ1) is 8.16. The van der Waals surface area contributed by atoms with Crippen LogP contribution in [0.1, 0.15) is 29.6 Å². The number of hydrogen-bond donors (Lipinski definition) is 2. The second kappa shape index (κ2) is 5.74. The summed E-state index contributed by atoms with van der Waals surface area (Å²) in [4.78, 5) is 12.7. The van der Waals surface area contributed by atoms with Crippen molar-refractivity contribution in [1.82, 2.24) is 5.32 Å². The van der Waals surface area contributed by atoms with Gasteiger partial charge in [-0.3, -0.25) is 4.79 Å². The molecule has 2 rings (SSSR count). The van der Waals surface area contributed by atoms with Crippen LogP contribution in [-0.4, -0.2) is 11.9 Å². The molecular weight excluding hydrogens is 298 g/mol. The van der Waals surface area contributed by atoms with E-state index < -0.39 is 0 Å². The van der Waals surface area contributed by atoms with Gasteiger partial charge in [0, 0.05) is 15.4 Å². The van der Waals surface area contributed by atoms with E-state index in [1.807, 2.05) is 12.1 Å². The third-order valence-electron chi connectivity index (χ3n) is 2.81. The van der Waals surface area contributed by atoms with Gasteiger partial charge < -0.3 is 5.32 Å². The first-order valence-electron chi connectivity index (χ1n) is 5.61. The molecule has 0 saturated carbocycles. The zero-order valence-electron chi connectivity index (χ0n) is 9.32. The van der Waals surface area contributed by atoms with Gasteiger partial charge in [-0.1, -0.05) is 28.1 Å². The Balaban J connectivity index is 2.06. The molecule has 17 heavy (non-hydrogen) atoms. The number of carbonyl (C=O) groups is 1. The molecule has 0 spiro atoms. The Morgan fingerprint density at radius 2 is 2.24 bits per heavy atom. The monoisotopic (exact) mass is 311 g/mol. The number of allylic oxidation sites excluding steroid dienone is 1. The normalized spacial score (nSPS) is 19.1.